The van der Waals surface area contributed by atoms with Gasteiger partial charge in [0, 0.05) is 6.42 Å². The Hall–Kier alpha value is -1.01. The van der Waals surface area contributed by atoms with E-state index in [1.165, 1.54) is 0 Å². The van der Waals surface area contributed by atoms with Crippen LogP contribution in [0.15, 0.2) is 18.4 Å². The minimum atomic E-state index is -0.781. The summed E-state index contributed by atoms with van der Waals surface area (Å²) in [6.45, 7) is 3.28. The monoisotopic (exact) mass is 112 g/mol. The van der Waals surface area contributed by atoms with Gasteiger partial charge in [0.2, 0.25) is 0 Å². The Morgan fingerprint density at radius 3 is 2.88 bits per heavy atom. The maximum absolute atomic E-state index is 9.81. The molecule has 44 valence electrons. The molecule has 0 spiro atoms. The van der Waals surface area contributed by atoms with E-state index in [0.29, 0.717) is 6.42 Å². The molecule has 1 N–H and O–H groups in total. The predicted molar refractivity (Wildman–Crippen MR) is 30.6 cm³/mol. The molecule has 0 aromatic rings. The highest BCUT2D eigenvalue weighted by atomic mass is 16.4. The van der Waals surface area contributed by atoms with E-state index in [1.54, 1.807) is 6.08 Å². The van der Waals surface area contributed by atoms with Crippen LogP contribution in [-0.4, -0.2) is 11.1 Å². The summed E-state index contributed by atoms with van der Waals surface area (Å²) in [7, 11) is 0. The third kappa shape index (κ3) is 4.99. The highest BCUT2D eigenvalue weighted by Crippen LogP contribution is 1.87. The molecule has 0 amide bonds. The van der Waals surface area contributed by atoms with Crippen molar-refractivity contribution in [1.82, 2.24) is 0 Å². The van der Waals surface area contributed by atoms with Gasteiger partial charge in [-0.1, -0.05) is 6.58 Å². The van der Waals surface area contributed by atoms with Gasteiger partial charge in [0.25, 0.3) is 0 Å². The van der Waals surface area contributed by atoms with Crippen LogP contribution in [0.25, 0.3) is 0 Å². The highest BCUT2D eigenvalue weighted by Gasteiger charge is 1.89. The second kappa shape index (κ2) is 4.16. The maximum atomic E-state index is 9.81. The summed E-state index contributed by atoms with van der Waals surface area (Å²) in [6, 6.07) is 0. The van der Waals surface area contributed by atoms with E-state index in [2.05, 4.69) is 12.3 Å². The van der Waals surface area contributed by atoms with E-state index in [1.807, 2.05) is 0 Å². The predicted octanol–water partition coefficient (Wildman–Crippen LogP) is 1.19. The van der Waals surface area contributed by atoms with Crippen LogP contribution < -0.4 is 0 Å². The average Bonchev–Trinajstić information content (AvgIpc) is 1.66. The van der Waals surface area contributed by atoms with Crippen molar-refractivity contribution < 1.29 is 9.90 Å². The summed E-state index contributed by atoms with van der Waals surface area (Å²) in [4.78, 5) is 9.81. The Bertz CT molecular complexity index is 118. The van der Waals surface area contributed by atoms with Gasteiger partial charge in [-0.3, -0.25) is 4.79 Å². The molecule has 0 atom stereocenters. The lowest BCUT2D eigenvalue weighted by Gasteiger charge is -1.82. The molecule has 0 fully saturated rings. The minimum absolute atomic E-state index is 0.169. The molecule has 2 nitrogen and oxygen atoms in total. The van der Waals surface area contributed by atoms with Gasteiger partial charge in [0.05, 0.1) is 0 Å². The zero-order valence-electron chi connectivity index (χ0n) is 4.55. The molecule has 0 saturated carbocycles. The van der Waals surface area contributed by atoms with Crippen LogP contribution in [0.4, 0.5) is 0 Å². The van der Waals surface area contributed by atoms with Crippen molar-refractivity contribution in [1.29, 1.82) is 0 Å². The van der Waals surface area contributed by atoms with Crippen molar-refractivity contribution in [3.8, 4) is 0 Å². The van der Waals surface area contributed by atoms with Crippen LogP contribution in [0.5, 0.6) is 0 Å². The topological polar surface area (TPSA) is 37.3 Å². The molecule has 8 heavy (non-hydrogen) atoms. The van der Waals surface area contributed by atoms with Crippen LogP contribution in [-0.2, 0) is 4.79 Å². The van der Waals surface area contributed by atoms with Gasteiger partial charge in [-0.25, -0.2) is 0 Å². The first-order valence-electron chi connectivity index (χ1n) is 2.33. The van der Waals surface area contributed by atoms with E-state index in [-0.39, 0.29) is 6.42 Å². The Morgan fingerprint density at radius 2 is 2.50 bits per heavy atom. The van der Waals surface area contributed by atoms with Gasteiger partial charge in [-0.15, -0.1) is 5.73 Å². The van der Waals surface area contributed by atoms with Crippen LogP contribution in [0, 0.1) is 0 Å². The Balaban J connectivity index is 3.18. The number of rotatable bonds is 3. The minimum Gasteiger partial charge on any atom is -0.481 e. The number of aliphatic carboxylic acids is 1. The summed E-state index contributed by atoms with van der Waals surface area (Å²) in [5.74, 6) is -0.781. The number of carbonyl (C=O) groups is 1. The van der Waals surface area contributed by atoms with Gasteiger partial charge in [-0.2, -0.15) is 0 Å². The molecule has 0 rings (SSSR count). The molecule has 0 radical (unpaired) electrons. The van der Waals surface area contributed by atoms with Crippen LogP contribution >= 0.6 is 0 Å². The van der Waals surface area contributed by atoms with Gasteiger partial charge < -0.3 is 5.11 Å². The van der Waals surface area contributed by atoms with Gasteiger partial charge >= 0.3 is 5.97 Å². The van der Waals surface area contributed by atoms with E-state index in [9.17, 15) is 4.79 Å². The normalized spacial score (nSPS) is 7.50. The molecular formula is C6H8O2. The SMILES string of the molecule is C=C=CCCC(=O)O. The zero-order valence-corrected chi connectivity index (χ0v) is 4.55. The van der Waals surface area contributed by atoms with E-state index in [4.69, 9.17) is 5.11 Å². The van der Waals surface area contributed by atoms with Crippen molar-refractivity contribution >= 4 is 5.97 Å². The molecular weight excluding hydrogens is 104 g/mol. The van der Waals surface area contributed by atoms with Crippen molar-refractivity contribution in [2.75, 3.05) is 0 Å². The molecule has 0 unspecified atom stereocenters. The Kier molecular flexibility index (Phi) is 3.63. The van der Waals surface area contributed by atoms with E-state index in [0.717, 1.165) is 0 Å². The Labute approximate surface area is 48.1 Å². The molecule has 2 heteroatoms. The number of allylic oxidation sites excluding steroid dienone is 1. The van der Waals surface area contributed by atoms with Crippen molar-refractivity contribution in [3.63, 3.8) is 0 Å². The third-order valence-corrected chi connectivity index (χ3v) is 0.647. The van der Waals surface area contributed by atoms with Crippen molar-refractivity contribution in [2.45, 2.75) is 12.8 Å². The van der Waals surface area contributed by atoms with Crippen LogP contribution in [0.2, 0.25) is 0 Å². The summed E-state index contributed by atoms with van der Waals surface area (Å²) in [6.07, 6.45) is 2.30. The first-order valence-corrected chi connectivity index (χ1v) is 2.33. The first-order chi connectivity index (χ1) is 3.77. The molecule has 0 aliphatic carbocycles. The second-order valence-electron chi connectivity index (χ2n) is 1.34. The fourth-order valence-electron chi connectivity index (χ4n) is 0.298. The molecule has 0 saturated heterocycles. The lowest BCUT2D eigenvalue weighted by Crippen LogP contribution is -1.91. The quantitative estimate of drug-likeness (QED) is 0.557. The fraction of sp³-hybridized carbons (Fsp3) is 0.333. The van der Waals surface area contributed by atoms with Crippen molar-refractivity contribution in [2.24, 2.45) is 0 Å². The summed E-state index contributed by atoms with van der Waals surface area (Å²) < 4.78 is 0. The second-order valence-corrected chi connectivity index (χ2v) is 1.34. The lowest BCUT2D eigenvalue weighted by atomic mass is 10.3. The molecule has 0 heterocycles. The molecule has 0 aromatic carbocycles. The number of carboxylic acids is 1. The first kappa shape index (κ1) is 6.99. The van der Waals surface area contributed by atoms with Gasteiger partial charge in [-0.05, 0) is 12.5 Å². The van der Waals surface area contributed by atoms with E-state index >= 15 is 0 Å². The Morgan fingerprint density at radius 1 is 1.88 bits per heavy atom. The summed E-state index contributed by atoms with van der Waals surface area (Å²) in [5, 5.41) is 8.07. The number of carboxylic acid groups (broad SMARTS) is 1. The smallest absolute Gasteiger partial charge is 0.303 e. The zero-order chi connectivity index (χ0) is 6.41. The lowest BCUT2D eigenvalue weighted by molar-refractivity contribution is -0.136. The molecule has 0 bridgehead atoms. The van der Waals surface area contributed by atoms with Gasteiger partial charge in [0.15, 0.2) is 0 Å². The fourth-order valence-corrected chi connectivity index (χ4v) is 0.298. The van der Waals surface area contributed by atoms with Crippen LogP contribution in [0.1, 0.15) is 12.8 Å². The van der Waals surface area contributed by atoms with E-state index < -0.39 is 5.97 Å². The number of hydrogen-bond acceptors (Lipinski definition) is 1. The largest absolute Gasteiger partial charge is 0.481 e. The van der Waals surface area contributed by atoms with Gasteiger partial charge in [0.1, 0.15) is 0 Å². The summed E-state index contributed by atoms with van der Waals surface area (Å²) in [5.41, 5.74) is 2.48. The molecule has 0 aliphatic heterocycles. The van der Waals surface area contributed by atoms with Crippen molar-refractivity contribution in [3.05, 3.63) is 18.4 Å². The molecule has 0 aliphatic rings. The maximum Gasteiger partial charge on any atom is 0.303 e. The van der Waals surface area contributed by atoms with Crippen LogP contribution in [0.3, 0.4) is 0 Å². The number of hydrogen-bond donors (Lipinski definition) is 1. The third-order valence-electron chi connectivity index (χ3n) is 0.647. The summed E-state index contributed by atoms with van der Waals surface area (Å²) >= 11 is 0. The standard InChI is InChI=1S/C6H8O2/c1-2-3-4-5-6(7)8/h3H,1,4-5H2,(H,7,8). The molecule has 0 aromatic heterocycles. The average molecular weight is 112 g/mol. The highest BCUT2D eigenvalue weighted by molar-refractivity contribution is 5.66.